The van der Waals surface area contributed by atoms with Gasteiger partial charge in [-0.3, -0.25) is 14.2 Å². The van der Waals surface area contributed by atoms with Crippen LogP contribution in [0.2, 0.25) is 0 Å². The molecule has 0 bridgehead atoms. The minimum atomic E-state index is -0.402. The summed E-state index contributed by atoms with van der Waals surface area (Å²) in [7, 11) is 0. The zero-order valence-electron chi connectivity index (χ0n) is 17.4. The quantitative estimate of drug-likeness (QED) is 0.337. The highest BCUT2D eigenvalue weighted by atomic mass is 32.2. The smallest absolute Gasteiger partial charge is 0.263 e. The van der Waals surface area contributed by atoms with Gasteiger partial charge >= 0.3 is 0 Å². The van der Waals surface area contributed by atoms with Gasteiger partial charge in [0.05, 0.1) is 10.6 Å². The predicted octanol–water partition coefficient (Wildman–Crippen LogP) is 5.37. The Kier molecular flexibility index (Phi) is 5.66. The third-order valence-corrected chi connectivity index (χ3v) is 7.43. The van der Waals surface area contributed by atoms with Crippen LogP contribution in [0.3, 0.4) is 0 Å². The number of thioether (sulfide) groups is 1. The Morgan fingerprint density at radius 3 is 2.67 bits per heavy atom. The number of fused-ring (bicyclic) bond motifs is 2. The van der Waals surface area contributed by atoms with Gasteiger partial charge in [0, 0.05) is 17.1 Å². The van der Waals surface area contributed by atoms with Gasteiger partial charge in [-0.25, -0.2) is 4.98 Å². The third kappa shape index (κ3) is 3.75. The fourth-order valence-corrected chi connectivity index (χ4v) is 5.44. The molecule has 1 atom stereocenters. The van der Waals surface area contributed by atoms with Crippen LogP contribution in [0, 0.1) is 13.8 Å². The van der Waals surface area contributed by atoms with Crippen molar-refractivity contribution in [3.63, 3.8) is 0 Å². The van der Waals surface area contributed by atoms with Crippen molar-refractivity contribution in [1.29, 1.82) is 0 Å². The number of aromatic nitrogens is 2. The molecule has 0 radical (unpaired) electrons. The molecule has 4 aromatic rings. The van der Waals surface area contributed by atoms with Crippen LogP contribution in [0.5, 0.6) is 0 Å². The lowest BCUT2D eigenvalue weighted by molar-refractivity contribution is -0.115. The van der Waals surface area contributed by atoms with Gasteiger partial charge < -0.3 is 5.32 Å². The number of aryl methyl sites for hydroxylation is 2. The molecule has 0 aliphatic rings. The monoisotopic (exact) mass is 437 g/mol. The molecule has 0 fully saturated rings. The number of hydrogen-bond donors (Lipinski definition) is 1. The number of benzene rings is 2. The van der Waals surface area contributed by atoms with Crippen LogP contribution in [0.4, 0.5) is 5.69 Å². The summed E-state index contributed by atoms with van der Waals surface area (Å²) < 4.78 is 1.66. The molecule has 0 aliphatic heterocycles. The van der Waals surface area contributed by atoms with Crippen LogP contribution in [-0.4, -0.2) is 20.7 Å². The van der Waals surface area contributed by atoms with E-state index in [1.807, 2.05) is 70.2 Å². The van der Waals surface area contributed by atoms with Gasteiger partial charge in [0.1, 0.15) is 4.83 Å². The molecule has 2 aromatic heterocycles. The normalized spacial score (nSPS) is 12.4. The Morgan fingerprint density at radius 2 is 1.93 bits per heavy atom. The van der Waals surface area contributed by atoms with E-state index in [1.165, 1.54) is 23.1 Å². The number of carbonyl (C=O) groups excluding carboxylic acids is 1. The van der Waals surface area contributed by atoms with Gasteiger partial charge in [-0.2, -0.15) is 0 Å². The van der Waals surface area contributed by atoms with E-state index < -0.39 is 5.25 Å². The number of thiophene rings is 1. The van der Waals surface area contributed by atoms with E-state index in [2.05, 4.69) is 5.32 Å². The lowest BCUT2D eigenvalue weighted by Crippen LogP contribution is -2.26. The molecule has 2 aromatic carbocycles. The Bertz CT molecular complexity index is 1320. The van der Waals surface area contributed by atoms with E-state index in [1.54, 1.807) is 4.57 Å². The van der Waals surface area contributed by atoms with Crippen LogP contribution >= 0.6 is 23.1 Å². The maximum Gasteiger partial charge on any atom is 0.263 e. The van der Waals surface area contributed by atoms with E-state index in [0.717, 1.165) is 31.7 Å². The van der Waals surface area contributed by atoms with Crippen molar-refractivity contribution < 1.29 is 4.79 Å². The Hall–Kier alpha value is -2.64. The molecule has 0 saturated heterocycles. The summed E-state index contributed by atoms with van der Waals surface area (Å²) in [5.74, 6) is -0.120. The number of carbonyl (C=O) groups is 1. The van der Waals surface area contributed by atoms with Crippen molar-refractivity contribution in [3.05, 3.63) is 63.3 Å². The molecule has 2 heterocycles. The molecule has 0 spiro atoms. The Balaban J connectivity index is 1.59. The summed E-state index contributed by atoms with van der Waals surface area (Å²) in [5, 5.41) is 6.06. The first-order chi connectivity index (χ1) is 14.4. The first kappa shape index (κ1) is 20.6. The van der Waals surface area contributed by atoms with E-state index in [9.17, 15) is 9.59 Å². The number of nitrogens with one attached hydrogen (secondary N) is 1. The maximum absolute atomic E-state index is 13.0. The molecule has 30 heavy (non-hydrogen) atoms. The van der Waals surface area contributed by atoms with Crippen LogP contribution in [-0.2, 0) is 11.3 Å². The summed E-state index contributed by atoms with van der Waals surface area (Å²) in [6.07, 6.45) is 0. The average molecular weight is 438 g/mol. The van der Waals surface area contributed by atoms with Gasteiger partial charge in [-0.1, -0.05) is 42.1 Å². The molecule has 1 N–H and O–H groups in total. The number of nitrogens with zero attached hydrogens (tertiary/aromatic N) is 2. The highest BCUT2D eigenvalue weighted by Gasteiger charge is 2.21. The summed E-state index contributed by atoms with van der Waals surface area (Å²) in [4.78, 5) is 32.4. The number of amides is 1. The number of rotatable bonds is 5. The first-order valence-electron chi connectivity index (χ1n) is 9.86. The Labute approximate surface area is 183 Å². The highest BCUT2D eigenvalue weighted by Crippen LogP contribution is 2.30. The van der Waals surface area contributed by atoms with Gasteiger partial charge in [0.2, 0.25) is 5.91 Å². The largest absolute Gasteiger partial charge is 0.325 e. The minimum Gasteiger partial charge on any atom is -0.325 e. The fourth-order valence-electron chi connectivity index (χ4n) is 3.40. The van der Waals surface area contributed by atoms with Crippen molar-refractivity contribution in [1.82, 2.24) is 9.55 Å². The molecular formula is C23H23N3O2S2. The first-order valence-corrected chi connectivity index (χ1v) is 11.6. The van der Waals surface area contributed by atoms with Crippen LogP contribution in [0.25, 0.3) is 21.0 Å². The van der Waals surface area contributed by atoms with E-state index in [-0.39, 0.29) is 11.5 Å². The summed E-state index contributed by atoms with van der Waals surface area (Å²) in [5.41, 5.74) is 1.72. The topological polar surface area (TPSA) is 64.0 Å². The van der Waals surface area contributed by atoms with Crippen LogP contribution in [0.1, 0.15) is 24.3 Å². The van der Waals surface area contributed by atoms with Gasteiger partial charge in [-0.05, 0) is 56.2 Å². The second-order valence-electron chi connectivity index (χ2n) is 7.22. The Morgan fingerprint density at radius 1 is 1.20 bits per heavy atom. The second-order valence-corrected chi connectivity index (χ2v) is 9.73. The maximum atomic E-state index is 13.0. The zero-order valence-corrected chi connectivity index (χ0v) is 19.0. The lowest BCUT2D eigenvalue weighted by atomic mass is 10.1. The third-order valence-electron chi connectivity index (χ3n) is 5.24. The van der Waals surface area contributed by atoms with E-state index in [4.69, 9.17) is 4.98 Å². The van der Waals surface area contributed by atoms with Crippen molar-refractivity contribution in [2.75, 3.05) is 5.32 Å². The molecule has 1 unspecified atom stereocenters. The van der Waals surface area contributed by atoms with Crippen molar-refractivity contribution in [2.45, 2.75) is 44.6 Å². The van der Waals surface area contributed by atoms with E-state index in [0.29, 0.717) is 17.1 Å². The van der Waals surface area contributed by atoms with Crippen LogP contribution in [0.15, 0.2) is 52.4 Å². The zero-order chi connectivity index (χ0) is 21.4. The molecule has 7 heteroatoms. The van der Waals surface area contributed by atoms with Gasteiger partial charge in [0.25, 0.3) is 5.56 Å². The number of anilines is 1. The molecule has 1 amide bonds. The standard InChI is InChI=1S/C23H23N3O2S2/c1-5-26-22(28)19-13(2)14(3)29-21(19)25-23(26)30-15(4)20(27)24-18-11-10-16-8-6-7-9-17(16)12-18/h6-12,15H,5H2,1-4H3,(H,24,27). The molecule has 5 nitrogen and oxygen atoms in total. The highest BCUT2D eigenvalue weighted by molar-refractivity contribution is 8.00. The second kappa shape index (κ2) is 8.24. The van der Waals surface area contributed by atoms with Crippen molar-refractivity contribution in [3.8, 4) is 0 Å². The molecule has 4 rings (SSSR count). The van der Waals surface area contributed by atoms with Gasteiger partial charge in [0.15, 0.2) is 5.16 Å². The summed E-state index contributed by atoms with van der Waals surface area (Å²) in [6.45, 7) is 8.24. The molecule has 154 valence electrons. The minimum absolute atomic E-state index is 0.0333. The van der Waals surface area contributed by atoms with Crippen molar-refractivity contribution >= 4 is 55.7 Å². The fraction of sp³-hybridized carbons (Fsp3) is 0.261. The number of hydrogen-bond acceptors (Lipinski definition) is 5. The summed E-state index contributed by atoms with van der Waals surface area (Å²) >= 11 is 2.84. The SMILES string of the molecule is CCn1c(SC(C)C(=O)Nc2ccc3ccccc3c2)nc2sc(C)c(C)c2c1=O. The van der Waals surface area contributed by atoms with Crippen molar-refractivity contribution in [2.24, 2.45) is 0 Å². The molecule has 0 saturated carbocycles. The van der Waals surface area contributed by atoms with Crippen LogP contribution < -0.4 is 10.9 Å². The summed E-state index contributed by atoms with van der Waals surface area (Å²) in [6, 6.07) is 13.9. The molecular weight excluding hydrogens is 414 g/mol. The lowest BCUT2D eigenvalue weighted by Gasteiger charge is -2.15. The average Bonchev–Trinajstić information content (AvgIpc) is 3.01. The van der Waals surface area contributed by atoms with Gasteiger partial charge in [-0.15, -0.1) is 11.3 Å². The van der Waals surface area contributed by atoms with E-state index >= 15 is 0 Å². The molecule has 0 aliphatic carbocycles. The predicted molar refractivity (Wildman–Crippen MR) is 127 cm³/mol.